The lowest BCUT2D eigenvalue weighted by Gasteiger charge is -2.31. The zero-order valence-corrected chi connectivity index (χ0v) is 24.5. The van der Waals surface area contributed by atoms with Gasteiger partial charge in [-0.1, -0.05) is 74.5 Å². The van der Waals surface area contributed by atoms with Crippen molar-refractivity contribution in [2.24, 2.45) is 0 Å². The first kappa shape index (κ1) is 29.5. The first-order chi connectivity index (χ1) is 20.1. The van der Waals surface area contributed by atoms with Crippen LogP contribution in [0, 0.1) is 0 Å². The lowest BCUT2D eigenvalue weighted by Crippen LogP contribution is -2.32. The molecule has 0 atom stereocenters. The number of hydrogen-bond donors (Lipinski definition) is 0. The fourth-order valence-corrected chi connectivity index (χ4v) is 4.66. The molecule has 4 aromatic rings. The molecule has 4 nitrogen and oxygen atoms in total. The summed E-state index contributed by atoms with van der Waals surface area (Å²) in [7, 11) is 0. The van der Waals surface area contributed by atoms with Crippen molar-refractivity contribution in [1.29, 1.82) is 0 Å². The van der Waals surface area contributed by atoms with E-state index < -0.39 is 0 Å². The highest BCUT2D eigenvalue weighted by Gasteiger charge is 2.20. The van der Waals surface area contributed by atoms with Crippen molar-refractivity contribution < 1.29 is 9.47 Å². The molecular formula is C37H42N2O2. The number of fused-ring (bicyclic) bond motifs is 2. The van der Waals surface area contributed by atoms with Crippen molar-refractivity contribution >= 4 is 11.4 Å². The largest absolute Gasteiger partial charge is 0.473 e. The lowest BCUT2D eigenvalue weighted by atomic mass is 9.99. The van der Waals surface area contributed by atoms with Crippen molar-refractivity contribution in [2.45, 2.75) is 46.2 Å². The number of rotatable bonds is 6. The van der Waals surface area contributed by atoms with Crippen molar-refractivity contribution in [3.63, 3.8) is 0 Å². The third-order valence-corrected chi connectivity index (χ3v) is 6.95. The van der Waals surface area contributed by atoms with E-state index in [0.717, 1.165) is 43.9 Å². The van der Waals surface area contributed by atoms with Gasteiger partial charge in [0.05, 0.1) is 0 Å². The number of allylic oxidation sites excluding steroid dienone is 2. The van der Waals surface area contributed by atoms with E-state index in [1.165, 1.54) is 33.6 Å². The van der Waals surface area contributed by atoms with Crippen LogP contribution in [0.1, 0.15) is 48.9 Å². The second-order valence-electron chi connectivity index (χ2n) is 10.1. The maximum atomic E-state index is 6.03. The molecule has 0 saturated heterocycles. The average Bonchev–Trinajstić information content (AvgIpc) is 3.05. The minimum Gasteiger partial charge on any atom is -0.473 e. The van der Waals surface area contributed by atoms with E-state index in [1.54, 1.807) is 0 Å². The lowest BCUT2D eigenvalue weighted by molar-refractivity contribution is 0.289. The Morgan fingerprint density at radius 1 is 0.610 bits per heavy atom. The molecule has 2 aliphatic rings. The standard InChI is InChI=1S/C29H26N2O2.2C4H8/c1-3-7-26(8-4-1)30-18-24-16-22(11-13-28(24)32-20-30)15-23-12-14-29-25(17-23)19-31(21-33-29)27-9-5-2-6-10-27;2*1-3-4-2/h1-14,16-17H,15,18-21H2;2*3H,1,4H2,2H3. The van der Waals surface area contributed by atoms with E-state index in [9.17, 15) is 0 Å². The normalized spacial score (nSPS) is 13.0. The third kappa shape index (κ3) is 8.28. The van der Waals surface area contributed by atoms with Crippen molar-refractivity contribution in [3.05, 3.63) is 145 Å². The van der Waals surface area contributed by atoms with Crippen molar-refractivity contribution in [3.8, 4) is 11.5 Å². The number of ether oxygens (including phenoxy) is 2. The summed E-state index contributed by atoms with van der Waals surface area (Å²) in [5, 5.41) is 0. The van der Waals surface area contributed by atoms with Crippen LogP contribution < -0.4 is 19.3 Å². The molecule has 0 saturated carbocycles. The highest BCUT2D eigenvalue weighted by molar-refractivity contribution is 5.52. The monoisotopic (exact) mass is 546 g/mol. The van der Waals surface area contributed by atoms with Crippen LogP contribution in [0.5, 0.6) is 11.5 Å². The predicted octanol–water partition coefficient (Wildman–Crippen LogP) is 9.16. The van der Waals surface area contributed by atoms with Gasteiger partial charge in [0.1, 0.15) is 11.5 Å². The SMILES string of the molecule is C=CCC.C=CCC.c1ccc(N2COc3ccc(Cc4ccc5c(c4)CN(c4ccccc4)CO5)cc3C2)cc1. The Hall–Kier alpha value is -4.44. The number of hydrogen-bond acceptors (Lipinski definition) is 4. The predicted molar refractivity (Wildman–Crippen MR) is 173 cm³/mol. The molecule has 0 radical (unpaired) electrons. The molecule has 4 heteroatoms. The molecule has 0 fully saturated rings. The molecule has 0 unspecified atom stereocenters. The summed E-state index contributed by atoms with van der Waals surface area (Å²) in [5.41, 5.74) is 7.43. The molecule has 0 spiro atoms. The number of nitrogens with zero attached hydrogens (tertiary/aromatic N) is 2. The quantitative estimate of drug-likeness (QED) is 0.225. The van der Waals surface area contributed by atoms with Crippen LogP contribution in [0.25, 0.3) is 0 Å². The third-order valence-electron chi connectivity index (χ3n) is 6.95. The zero-order chi connectivity index (χ0) is 28.9. The van der Waals surface area contributed by atoms with Gasteiger partial charge < -0.3 is 19.3 Å². The van der Waals surface area contributed by atoms with Gasteiger partial charge >= 0.3 is 0 Å². The van der Waals surface area contributed by atoms with Gasteiger partial charge in [0.2, 0.25) is 0 Å². The molecular weight excluding hydrogens is 504 g/mol. The van der Waals surface area contributed by atoms with Crippen LogP contribution in [0.15, 0.2) is 122 Å². The highest BCUT2D eigenvalue weighted by atomic mass is 16.5. The average molecular weight is 547 g/mol. The van der Waals surface area contributed by atoms with Crippen LogP contribution in [0.3, 0.4) is 0 Å². The molecule has 0 aliphatic carbocycles. The van der Waals surface area contributed by atoms with Gasteiger partial charge in [-0.15, -0.1) is 13.2 Å². The van der Waals surface area contributed by atoms with Gasteiger partial charge in [0, 0.05) is 35.6 Å². The van der Waals surface area contributed by atoms with Crippen LogP contribution in [-0.4, -0.2) is 13.5 Å². The number of para-hydroxylation sites is 2. The maximum Gasteiger partial charge on any atom is 0.161 e. The van der Waals surface area contributed by atoms with E-state index in [-0.39, 0.29) is 0 Å². The van der Waals surface area contributed by atoms with E-state index in [1.807, 2.05) is 24.3 Å². The van der Waals surface area contributed by atoms with E-state index in [2.05, 4.69) is 122 Å². The molecule has 4 aromatic carbocycles. The summed E-state index contributed by atoms with van der Waals surface area (Å²) in [5.74, 6) is 1.98. The molecule has 2 aliphatic heterocycles. The fraction of sp³-hybridized carbons (Fsp3) is 0.243. The Balaban J connectivity index is 0.000000432. The number of anilines is 2. The van der Waals surface area contributed by atoms with Gasteiger partial charge in [-0.05, 0) is 78.9 Å². The van der Waals surface area contributed by atoms with E-state index >= 15 is 0 Å². The first-order valence-corrected chi connectivity index (χ1v) is 14.5. The second-order valence-corrected chi connectivity index (χ2v) is 10.1. The molecule has 0 amide bonds. The van der Waals surface area contributed by atoms with Crippen molar-refractivity contribution in [2.75, 3.05) is 23.3 Å². The minimum absolute atomic E-state index is 0.582. The maximum absolute atomic E-state index is 6.03. The second kappa shape index (κ2) is 15.4. The van der Waals surface area contributed by atoms with Crippen LogP contribution >= 0.6 is 0 Å². The molecule has 2 heterocycles. The molecule has 0 aromatic heterocycles. The topological polar surface area (TPSA) is 24.9 Å². The summed E-state index contributed by atoms with van der Waals surface area (Å²) < 4.78 is 12.1. The summed E-state index contributed by atoms with van der Waals surface area (Å²) in [6.45, 7) is 14.0. The van der Waals surface area contributed by atoms with Gasteiger partial charge in [0.25, 0.3) is 0 Å². The Labute approximate surface area is 246 Å². The first-order valence-electron chi connectivity index (χ1n) is 14.5. The Kier molecular flexibility index (Phi) is 11.1. The zero-order valence-electron chi connectivity index (χ0n) is 24.5. The van der Waals surface area contributed by atoms with Gasteiger partial charge in [0.15, 0.2) is 13.5 Å². The molecule has 0 N–H and O–H groups in total. The fourth-order valence-electron chi connectivity index (χ4n) is 4.66. The Morgan fingerprint density at radius 2 is 1.00 bits per heavy atom. The van der Waals surface area contributed by atoms with Crippen molar-refractivity contribution in [1.82, 2.24) is 0 Å². The Bertz CT molecular complexity index is 1280. The highest BCUT2D eigenvalue weighted by Crippen LogP contribution is 2.32. The molecule has 212 valence electrons. The van der Waals surface area contributed by atoms with E-state index in [4.69, 9.17) is 9.47 Å². The Morgan fingerprint density at radius 3 is 1.37 bits per heavy atom. The van der Waals surface area contributed by atoms with E-state index in [0.29, 0.717) is 13.5 Å². The van der Waals surface area contributed by atoms with Gasteiger partial charge in [-0.2, -0.15) is 0 Å². The minimum atomic E-state index is 0.582. The van der Waals surface area contributed by atoms with Crippen LogP contribution in [0.2, 0.25) is 0 Å². The summed E-state index contributed by atoms with van der Waals surface area (Å²) in [4.78, 5) is 4.53. The van der Waals surface area contributed by atoms with Gasteiger partial charge in [-0.25, -0.2) is 0 Å². The summed E-state index contributed by atoms with van der Waals surface area (Å²) >= 11 is 0. The molecule has 0 bridgehead atoms. The number of benzene rings is 4. The van der Waals surface area contributed by atoms with Crippen LogP contribution in [0.4, 0.5) is 11.4 Å². The van der Waals surface area contributed by atoms with Crippen LogP contribution in [-0.2, 0) is 19.5 Å². The summed E-state index contributed by atoms with van der Waals surface area (Å²) in [6.07, 6.45) is 6.80. The smallest absolute Gasteiger partial charge is 0.161 e. The van der Waals surface area contributed by atoms with Gasteiger partial charge in [-0.3, -0.25) is 0 Å². The molecule has 41 heavy (non-hydrogen) atoms. The summed E-state index contributed by atoms with van der Waals surface area (Å²) in [6, 6.07) is 34.1. The molecule has 6 rings (SSSR count).